The molecule has 1 aliphatic heterocycles. The van der Waals surface area contributed by atoms with Crippen molar-refractivity contribution in [2.24, 2.45) is 10.7 Å². The van der Waals surface area contributed by atoms with Crippen molar-refractivity contribution in [3.8, 4) is 0 Å². The molecule has 134 valence electrons. The van der Waals surface area contributed by atoms with E-state index in [0.29, 0.717) is 5.96 Å². The summed E-state index contributed by atoms with van der Waals surface area (Å²) < 4.78 is 0. The van der Waals surface area contributed by atoms with Crippen LogP contribution in [-0.4, -0.2) is 60.1 Å². The summed E-state index contributed by atoms with van der Waals surface area (Å²) in [6, 6.07) is 5.87. The summed E-state index contributed by atoms with van der Waals surface area (Å²) in [5.74, 6) is 1.58. The number of piperazine rings is 1. The summed E-state index contributed by atoms with van der Waals surface area (Å²) in [7, 11) is 0. The molecule has 0 spiro atoms. The Morgan fingerprint density at radius 1 is 1.16 bits per heavy atom. The van der Waals surface area contributed by atoms with Gasteiger partial charge in [0, 0.05) is 57.0 Å². The van der Waals surface area contributed by atoms with Crippen molar-refractivity contribution < 1.29 is 0 Å². The van der Waals surface area contributed by atoms with Crippen LogP contribution in [0.3, 0.4) is 0 Å². The summed E-state index contributed by atoms with van der Waals surface area (Å²) in [5.41, 5.74) is 6.14. The Morgan fingerprint density at radius 2 is 2.04 bits per heavy atom. The van der Waals surface area contributed by atoms with Crippen molar-refractivity contribution in [3.63, 3.8) is 0 Å². The summed E-state index contributed by atoms with van der Waals surface area (Å²) in [6.45, 7) is 5.35. The highest BCUT2D eigenvalue weighted by molar-refractivity contribution is 7.13. The molecule has 1 saturated heterocycles. The van der Waals surface area contributed by atoms with Crippen LogP contribution >= 0.6 is 11.3 Å². The fourth-order valence-corrected chi connectivity index (χ4v) is 3.41. The van der Waals surface area contributed by atoms with E-state index in [4.69, 9.17) is 5.73 Å². The van der Waals surface area contributed by atoms with E-state index >= 15 is 0 Å². The van der Waals surface area contributed by atoms with Gasteiger partial charge in [-0.25, -0.2) is 9.97 Å². The van der Waals surface area contributed by atoms with Gasteiger partial charge >= 0.3 is 0 Å². The molecule has 3 N–H and O–H groups in total. The van der Waals surface area contributed by atoms with Gasteiger partial charge in [-0.3, -0.25) is 4.99 Å². The minimum absolute atomic E-state index is 0.663. The Hall–Kier alpha value is -2.35. The average molecular weight is 360 g/mol. The number of hydrogen-bond donors (Lipinski definition) is 2. The number of rotatable bonds is 7. The lowest BCUT2D eigenvalue weighted by Gasteiger charge is -2.35. The number of aliphatic imine (C=N–C) groups is 1. The zero-order valence-electron chi connectivity index (χ0n) is 14.3. The van der Waals surface area contributed by atoms with Crippen LogP contribution in [0.25, 0.3) is 0 Å². The Morgan fingerprint density at radius 3 is 2.76 bits per heavy atom. The summed E-state index contributed by atoms with van der Waals surface area (Å²) in [6.07, 6.45) is 5.71. The second kappa shape index (κ2) is 9.22. The first kappa shape index (κ1) is 17.5. The largest absolute Gasteiger partial charge is 0.370 e. The molecule has 0 radical (unpaired) electrons. The molecular formula is C17H25N7S. The molecule has 1 fully saturated rings. The quantitative estimate of drug-likeness (QED) is 0.446. The molecular weight excluding hydrogens is 334 g/mol. The third-order valence-electron chi connectivity index (χ3n) is 4.12. The number of aromatic nitrogens is 2. The van der Waals surface area contributed by atoms with E-state index in [9.17, 15) is 0 Å². The minimum atomic E-state index is 0.663. The predicted molar refractivity (Wildman–Crippen MR) is 104 cm³/mol. The van der Waals surface area contributed by atoms with Gasteiger partial charge in [-0.1, -0.05) is 6.07 Å². The van der Waals surface area contributed by atoms with E-state index in [1.807, 2.05) is 29.8 Å². The lowest BCUT2D eigenvalue weighted by molar-refractivity contribution is 0.380. The summed E-state index contributed by atoms with van der Waals surface area (Å²) >= 11 is 1.68. The van der Waals surface area contributed by atoms with Crippen LogP contribution in [0, 0.1) is 0 Å². The Bertz CT molecular complexity index is 636. The summed E-state index contributed by atoms with van der Waals surface area (Å²) in [5, 5.41) is 6.41. The standard InChI is InChI=1S/C17H25N7S/c18-16(21-8-4-3-7-20-15-5-1-2-6-19-15)23-10-12-24(13-11-23)17-22-9-14-25-17/h1-2,5-6,9,14H,3-4,7-8,10-13H2,(H2,18,21)(H,19,20). The number of thiazole rings is 1. The number of hydrogen-bond acceptors (Lipinski definition) is 6. The van der Waals surface area contributed by atoms with Gasteiger partial charge in [0.25, 0.3) is 0 Å². The minimum Gasteiger partial charge on any atom is -0.370 e. The third kappa shape index (κ3) is 5.32. The van der Waals surface area contributed by atoms with Crippen molar-refractivity contribution in [2.75, 3.05) is 49.5 Å². The van der Waals surface area contributed by atoms with Crippen molar-refractivity contribution in [3.05, 3.63) is 36.0 Å². The number of anilines is 2. The van der Waals surface area contributed by atoms with Crippen LogP contribution in [-0.2, 0) is 0 Å². The highest BCUT2D eigenvalue weighted by Gasteiger charge is 2.19. The molecule has 2 aromatic heterocycles. The van der Waals surface area contributed by atoms with Crippen LogP contribution in [0.2, 0.25) is 0 Å². The van der Waals surface area contributed by atoms with Crippen molar-refractivity contribution in [1.82, 2.24) is 14.9 Å². The maximum atomic E-state index is 6.14. The SMILES string of the molecule is NC(=NCCCCNc1ccccn1)N1CCN(c2nccs2)CC1. The number of unbranched alkanes of at least 4 members (excludes halogenated alkanes) is 1. The van der Waals surface area contributed by atoms with Gasteiger partial charge in [-0.05, 0) is 25.0 Å². The maximum Gasteiger partial charge on any atom is 0.191 e. The molecule has 2 aromatic rings. The van der Waals surface area contributed by atoms with Gasteiger partial charge in [-0.15, -0.1) is 11.3 Å². The molecule has 8 heteroatoms. The monoisotopic (exact) mass is 359 g/mol. The smallest absolute Gasteiger partial charge is 0.191 e. The Kier molecular flexibility index (Phi) is 6.44. The molecule has 0 atom stereocenters. The fraction of sp³-hybridized carbons (Fsp3) is 0.471. The van der Waals surface area contributed by atoms with Crippen molar-refractivity contribution >= 4 is 28.2 Å². The highest BCUT2D eigenvalue weighted by Crippen LogP contribution is 2.18. The zero-order valence-corrected chi connectivity index (χ0v) is 15.2. The molecule has 0 unspecified atom stereocenters. The van der Waals surface area contributed by atoms with E-state index in [1.54, 1.807) is 17.5 Å². The number of nitrogens with zero attached hydrogens (tertiary/aromatic N) is 5. The zero-order chi connectivity index (χ0) is 17.3. The normalized spacial score (nSPS) is 15.4. The molecule has 0 bridgehead atoms. The number of guanidine groups is 1. The van der Waals surface area contributed by atoms with E-state index < -0.39 is 0 Å². The lowest BCUT2D eigenvalue weighted by atomic mass is 10.3. The van der Waals surface area contributed by atoms with E-state index in [-0.39, 0.29) is 0 Å². The highest BCUT2D eigenvalue weighted by atomic mass is 32.1. The van der Waals surface area contributed by atoms with Gasteiger partial charge in [-0.2, -0.15) is 0 Å². The molecule has 3 heterocycles. The van der Waals surface area contributed by atoms with Crippen LogP contribution < -0.4 is 16.0 Å². The average Bonchev–Trinajstić information content (AvgIpc) is 3.20. The number of pyridine rings is 1. The van der Waals surface area contributed by atoms with E-state index in [0.717, 1.165) is 63.1 Å². The first-order valence-corrected chi connectivity index (χ1v) is 9.55. The maximum absolute atomic E-state index is 6.14. The van der Waals surface area contributed by atoms with Crippen LogP contribution in [0.15, 0.2) is 41.0 Å². The van der Waals surface area contributed by atoms with Gasteiger partial charge in [0.15, 0.2) is 11.1 Å². The molecule has 0 amide bonds. The van der Waals surface area contributed by atoms with Crippen molar-refractivity contribution in [1.29, 1.82) is 0 Å². The second-order valence-corrected chi connectivity index (χ2v) is 6.75. The van der Waals surface area contributed by atoms with Gasteiger partial charge < -0.3 is 20.9 Å². The molecule has 3 rings (SSSR count). The Balaban J connectivity index is 1.31. The lowest BCUT2D eigenvalue weighted by Crippen LogP contribution is -2.51. The predicted octanol–water partition coefficient (Wildman–Crippen LogP) is 1.87. The van der Waals surface area contributed by atoms with Gasteiger partial charge in [0.1, 0.15) is 5.82 Å². The Labute approximate surface area is 152 Å². The first-order valence-electron chi connectivity index (χ1n) is 8.67. The topological polar surface area (TPSA) is 82.7 Å². The van der Waals surface area contributed by atoms with Crippen molar-refractivity contribution in [2.45, 2.75) is 12.8 Å². The van der Waals surface area contributed by atoms with Crippen LogP contribution in [0.1, 0.15) is 12.8 Å². The molecule has 1 aliphatic rings. The number of nitrogens with two attached hydrogens (primary N) is 1. The van der Waals surface area contributed by atoms with Crippen LogP contribution in [0.4, 0.5) is 10.9 Å². The van der Waals surface area contributed by atoms with Gasteiger partial charge in [0.2, 0.25) is 0 Å². The molecule has 25 heavy (non-hydrogen) atoms. The second-order valence-electron chi connectivity index (χ2n) is 5.88. The first-order chi connectivity index (χ1) is 12.3. The summed E-state index contributed by atoms with van der Waals surface area (Å²) in [4.78, 5) is 17.6. The molecule has 7 nitrogen and oxygen atoms in total. The third-order valence-corrected chi connectivity index (χ3v) is 4.96. The van der Waals surface area contributed by atoms with E-state index in [1.165, 1.54) is 0 Å². The van der Waals surface area contributed by atoms with Crippen LogP contribution in [0.5, 0.6) is 0 Å². The van der Waals surface area contributed by atoms with E-state index in [2.05, 4.69) is 30.1 Å². The van der Waals surface area contributed by atoms with Gasteiger partial charge in [0.05, 0.1) is 0 Å². The molecule has 0 aromatic carbocycles. The molecule has 0 aliphatic carbocycles. The number of nitrogens with one attached hydrogen (secondary N) is 1. The molecule has 0 saturated carbocycles. The fourth-order valence-electron chi connectivity index (χ4n) is 2.71.